The number of hydrogen-bond acceptors (Lipinski definition) is 7. The molecule has 1 radical (unpaired) electrons. The van der Waals surface area contributed by atoms with Crippen molar-refractivity contribution in [3.05, 3.63) is 84.7 Å². The van der Waals surface area contributed by atoms with E-state index in [2.05, 4.69) is 15.2 Å². The van der Waals surface area contributed by atoms with E-state index in [4.69, 9.17) is 10.5 Å². The molecule has 0 aliphatic heterocycles. The Morgan fingerprint density at radius 2 is 1.53 bits per heavy atom. The average Bonchev–Trinajstić information content (AvgIpc) is 2.78. The number of aromatic nitrogens is 1. The molecule has 0 saturated heterocycles. The van der Waals surface area contributed by atoms with Gasteiger partial charge in [0, 0.05) is 52.7 Å². The molecular weight excluding hydrogens is 439 g/mol. The maximum absolute atomic E-state index is 11.9. The molecule has 0 atom stereocenters. The number of nitrogens with zero attached hydrogens (tertiary/aromatic N) is 3. The molecule has 0 bridgehead atoms. The Bertz CT molecular complexity index is 1380. The number of ether oxygens (including phenoxy) is 1. The summed E-state index contributed by atoms with van der Waals surface area (Å²) in [7, 11) is -4.49. The smallest absolute Gasteiger partial charge is 0.295 e. The Morgan fingerprint density at radius 1 is 0.906 bits per heavy atom. The molecule has 0 unspecified atom stereocenters. The van der Waals surface area contributed by atoms with E-state index in [-0.39, 0.29) is 45.8 Å². The predicted octanol–water partition coefficient (Wildman–Crippen LogP) is 4.68. The molecule has 3 aromatic carbocycles. The van der Waals surface area contributed by atoms with E-state index in [9.17, 15) is 13.0 Å². The first-order chi connectivity index (χ1) is 14.9. The average molecular weight is 457 g/mol. The van der Waals surface area contributed by atoms with Gasteiger partial charge in [0.1, 0.15) is 28.6 Å². The zero-order valence-corrected chi connectivity index (χ0v) is 20.0. The predicted molar refractivity (Wildman–Crippen MR) is 123 cm³/mol. The number of hydrogen-bond donors (Lipinski definition) is 2. The van der Waals surface area contributed by atoms with Crippen LogP contribution in [-0.2, 0) is 16.7 Å². The molecule has 0 aliphatic rings. The van der Waals surface area contributed by atoms with Crippen LogP contribution in [0.5, 0.6) is 5.75 Å². The normalized spacial score (nSPS) is 11.4. The van der Waals surface area contributed by atoms with E-state index >= 15 is 0 Å². The molecule has 32 heavy (non-hydrogen) atoms. The second-order valence-electron chi connectivity index (χ2n) is 6.64. The van der Waals surface area contributed by atoms with Crippen molar-refractivity contribution in [1.29, 1.82) is 0 Å². The summed E-state index contributed by atoms with van der Waals surface area (Å²) in [5.41, 5.74) is 7.96. The Kier molecular flexibility index (Phi) is 7.60. The molecule has 1 aromatic heterocycles. The summed E-state index contributed by atoms with van der Waals surface area (Å²) in [6.07, 6.45) is 3.36. The molecule has 8 nitrogen and oxygen atoms in total. The molecule has 10 heteroatoms. The SMILES string of the molecule is Nc1c(N=Nc2ccccc2OCc2ccncc2)cc(S(=O)(=O)O)c2ccccc12.[Na]. The van der Waals surface area contributed by atoms with Gasteiger partial charge in [-0.1, -0.05) is 36.4 Å². The molecule has 0 fully saturated rings. The maximum atomic E-state index is 11.9. The molecular formula is C22H18N4NaO4S. The van der Waals surface area contributed by atoms with Crippen LogP contribution >= 0.6 is 0 Å². The number of nitrogen functional groups attached to an aromatic ring is 1. The van der Waals surface area contributed by atoms with Crippen LogP contribution in [0.2, 0.25) is 0 Å². The van der Waals surface area contributed by atoms with E-state index < -0.39 is 10.1 Å². The van der Waals surface area contributed by atoms with Gasteiger partial charge in [-0.3, -0.25) is 9.54 Å². The van der Waals surface area contributed by atoms with Crippen LogP contribution in [-0.4, -0.2) is 47.5 Å². The van der Waals surface area contributed by atoms with Gasteiger partial charge in [0.25, 0.3) is 10.1 Å². The Balaban J connectivity index is 0.00000289. The first-order valence-electron chi connectivity index (χ1n) is 9.24. The fourth-order valence-electron chi connectivity index (χ4n) is 3.06. The molecule has 1 heterocycles. The molecule has 0 aliphatic carbocycles. The van der Waals surface area contributed by atoms with Crippen molar-refractivity contribution in [2.24, 2.45) is 10.2 Å². The zero-order chi connectivity index (χ0) is 21.8. The third kappa shape index (κ3) is 5.32. The van der Waals surface area contributed by atoms with Crippen molar-refractivity contribution < 1.29 is 17.7 Å². The topological polar surface area (TPSA) is 127 Å². The Labute approximate surface area is 207 Å². The number of azo groups is 1. The van der Waals surface area contributed by atoms with E-state index in [0.717, 1.165) is 5.56 Å². The maximum Gasteiger partial charge on any atom is 0.295 e. The van der Waals surface area contributed by atoms with Gasteiger partial charge < -0.3 is 10.5 Å². The molecule has 0 amide bonds. The molecule has 0 spiro atoms. The van der Waals surface area contributed by atoms with E-state index in [1.165, 1.54) is 6.07 Å². The quantitative estimate of drug-likeness (QED) is 0.187. The van der Waals surface area contributed by atoms with Gasteiger partial charge in [-0.25, -0.2) is 0 Å². The molecule has 4 rings (SSSR count). The molecule has 4 aromatic rings. The summed E-state index contributed by atoms with van der Waals surface area (Å²) in [5, 5.41) is 9.12. The number of rotatable bonds is 6. The summed E-state index contributed by atoms with van der Waals surface area (Å²) in [4.78, 5) is 3.69. The second-order valence-corrected chi connectivity index (χ2v) is 8.03. The number of nitrogens with two attached hydrogens (primary N) is 1. The standard InChI is InChI=1S/C22H18N4O4S.Na/c23-22-17-6-2-1-5-16(17)21(31(27,28)29)13-19(22)26-25-18-7-3-4-8-20(18)30-14-15-9-11-24-12-10-15;/h1-13H,14,23H2,(H,27,28,29);. The second kappa shape index (κ2) is 10.2. The van der Waals surface area contributed by atoms with Gasteiger partial charge in [-0.2, -0.15) is 8.42 Å². The Morgan fingerprint density at radius 3 is 2.25 bits per heavy atom. The first-order valence-corrected chi connectivity index (χ1v) is 10.7. The number of pyridine rings is 1. The summed E-state index contributed by atoms with van der Waals surface area (Å²) in [6, 6.07) is 18.5. The summed E-state index contributed by atoms with van der Waals surface area (Å²) in [6.45, 7) is 0.320. The number of anilines is 1. The van der Waals surface area contributed by atoms with Gasteiger partial charge in [0.05, 0.1) is 5.69 Å². The van der Waals surface area contributed by atoms with Crippen LogP contribution in [0.1, 0.15) is 5.56 Å². The summed E-state index contributed by atoms with van der Waals surface area (Å²) in [5.74, 6) is 0.498. The van der Waals surface area contributed by atoms with Gasteiger partial charge in [-0.15, -0.1) is 10.2 Å². The fourth-order valence-corrected chi connectivity index (χ4v) is 3.77. The van der Waals surface area contributed by atoms with Crippen LogP contribution in [0.3, 0.4) is 0 Å². The van der Waals surface area contributed by atoms with Gasteiger partial charge in [-0.05, 0) is 35.9 Å². The van der Waals surface area contributed by atoms with Crippen LogP contribution in [0.25, 0.3) is 10.8 Å². The molecule has 157 valence electrons. The van der Waals surface area contributed by atoms with Crippen LogP contribution in [0.15, 0.2) is 94.2 Å². The van der Waals surface area contributed by atoms with E-state index in [1.54, 1.807) is 54.9 Å². The van der Waals surface area contributed by atoms with Crippen LogP contribution in [0.4, 0.5) is 17.1 Å². The summed E-state index contributed by atoms with van der Waals surface area (Å²) >= 11 is 0. The minimum Gasteiger partial charge on any atom is -0.487 e. The van der Waals surface area contributed by atoms with E-state index in [1.807, 2.05) is 18.2 Å². The number of benzene rings is 3. The third-order valence-electron chi connectivity index (χ3n) is 4.58. The van der Waals surface area contributed by atoms with Crippen molar-refractivity contribution in [2.45, 2.75) is 11.5 Å². The number of para-hydroxylation sites is 1. The van der Waals surface area contributed by atoms with E-state index in [0.29, 0.717) is 28.8 Å². The van der Waals surface area contributed by atoms with Gasteiger partial charge >= 0.3 is 0 Å². The van der Waals surface area contributed by atoms with Crippen molar-refractivity contribution in [2.75, 3.05) is 5.73 Å². The van der Waals surface area contributed by atoms with Crippen LogP contribution < -0.4 is 10.5 Å². The van der Waals surface area contributed by atoms with Gasteiger partial charge in [0.2, 0.25) is 0 Å². The van der Waals surface area contributed by atoms with Crippen molar-refractivity contribution in [3.63, 3.8) is 0 Å². The Hall–Kier alpha value is -2.82. The number of fused-ring (bicyclic) bond motifs is 1. The zero-order valence-electron chi connectivity index (χ0n) is 17.2. The monoisotopic (exact) mass is 457 g/mol. The third-order valence-corrected chi connectivity index (χ3v) is 5.47. The minimum atomic E-state index is -4.49. The van der Waals surface area contributed by atoms with Crippen molar-refractivity contribution >= 4 is 67.5 Å². The first kappa shape index (κ1) is 23.8. The van der Waals surface area contributed by atoms with Gasteiger partial charge in [0.15, 0.2) is 0 Å². The van der Waals surface area contributed by atoms with Crippen LogP contribution in [0, 0.1) is 0 Å². The van der Waals surface area contributed by atoms with Crippen molar-refractivity contribution in [1.82, 2.24) is 4.98 Å². The largest absolute Gasteiger partial charge is 0.487 e. The minimum absolute atomic E-state index is 0. The molecule has 3 N–H and O–H groups in total. The van der Waals surface area contributed by atoms with Crippen molar-refractivity contribution in [3.8, 4) is 5.75 Å². The summed E-state index contributed by atoms with van der Waals surface area (Å²) < 4.78 is 39.2. The fraction of sp³-hybridized carbons (Fsp3) is 0.0455. The molecule has 0 saturated carbocycles.